The summed E-state index contributed by atoms with van der Waals surface area (Å²) in [5, 5.41) is 13.4. The minimum atomic E-state index is -0.625. The number of para-hydroxylation sites is 1. The van der Waals surface area contributed by atoms with Crippen LogP contribution in [0.1, 0.15) is 38.2 Å². The van der Waals surface area contributed by atoms with Crippen LogP contribution < -0.4 is 10.5 Å². The molecule has 1 aliphatic heterocycles. The van der Waals surface area contributed by atoms with Crippen molar-refractivity contribution in [3.8, 4) is 5.75 Å². The molecule has 35 heavy (non-hydrogen) atoms. The molecule has 0 saturated carbocycles. The first-order valence-corrected chi connectivity index (χ1v) is 12.5. The van der Waals surface area contributed by atoms with Crippen LogP contribution in [-0.4, -0.2) is 52.4 Å². The topological polar surface area (TPSA) is 91.8 Å². The molecule has 0 unspecified atom stereocenters. The Hall–Kier alpha value is -2.71. The van der Waals surface area contributed by atoms with Gasteiger partial charge in [-0.1, -0.05) is 18.2 Å². The van der Waals surface area contributed by atoms with Gasteiger partial charge in [-0.25, -0.2) is 4.98 Å². The zero-order valence-corrected chi connectivity index (χ0v) is 20.7. The lowest BCUT2D eigenvalue weighted by atomic mass is 10.0. The Kier molecular flexibility index (Phi) is 6.93. The first-order valence-electron chi connectivity index (χ1n) is 12.5. The van der Waals surface area contributed by atoms with Crippen molar-refractivity contribution >= 4 is 32.8 Å². The van der Waals surface area contributed by atoms with Crippen LogP contribution in [-0.2, 0) is 16.5 Å². The zero-order valence-electron chi connectivity index (χ0n) is 20.7. The molecule has 3 N–H and O–H groups in total. The van der Waals surface area contributed by atoms with Crippen LogP contribution in [0.15, 0.2) is 42.5 Å². The van der Waals surface area contributed by atoms with Gasteiger partial charge >= 0.3 is 0 Å². The molecule has 0 radical (unpaired) electrons. The van der Waals surface area contributed by atoms with Crippen LogP contribution in [0, 0.1) is 6.92 Å². The second-order valence-corrected chi connectivity index (χ2v) is 9.63. The van der Waals surface area contributed by atoms with Gasteiger partial charge in [-0.3, -0.25) is 0 Å². The number of rotatable bonds is 8. The lowest BCUT2D eigenvalue weighted by Gasteiger charge is -2.35. The summed E-state index contributed by atoms with van der Waals surface area (Å²) in [4.78, 5) is 4.94. The molecule has 4 aromatic rings. The van der Waals surface area contributed by atoms with Gasteiger partial charge in [0.05, 0.1) is 29.8 Å². The molecular formula is C28H35N3O4. The van der Waals surface area contributed by atoms with E-state index in [0.29, 0.717) is 19.6 Å². The van der Waals surface area contributed by atoms with E-state index in [4.69, 9.17) is 24.9 Å². The molecule has 7 nitrogen and oxygen atoms in total. The van der Waals surface area contributed by atoms with Gasteiger partial charge < -0.3 is 29.6 Å². The van der Waals surface area contributed by atoms with Gasteiger partial charge in [-0.2, -0.15) is 0 Å². The van der Waals surface area contributed by atoms with Crippen molar-refractivity contribution in [2.24, 2.45) is 12.8 Å². The SMILES string of the molecule is Cc1c2ccccc2nc2c1c1cc(OCCCCCO[C@H]3C[C@H](N)[C@H](O)[C@H](C)O3)ccc1n2C. The van der Waals surface area contributed by atoms with Crippen molar-refractivity contribution in [1.82, 2.24) is 9.55 Å². The number of aliphatic hydroxyl groups is 1. The number of pyridine rings is 1. The molecule has 4 atom stereocenters. The smallest absolute Gasteiger partial charge is 0.159 e. The van der Waals surface area contributed by atoms with E-state index in [1.807, 2.05) is 19.1 Å². The summed E-state index contributed by atoms with van der Waals surface area (Å²) in [5.41, 5.74) is 10.4. The predicted octanol–water partition coefficient (Wildman–Crippen LogP) is 4.58. The Bertz CT molecular complexity index is 1320. The summed E-state index contributed by atoms with van der Waals surface area (Å²) >= 11 is 0. The molecule has 186 valence electrons. The van der Waals surface area contributed by atoms with Crippen LogP contribution in [0.2, 0.25) is 0 Å². The van der Waals surface area contributed by atoms with E-state index in [2.05, 4.69) is 48.9 Å². The highest BCUT2D eigenvalue weighted by atomic mass is 16.7. The maximum absolute atomic E-state index is 9.87. The molecule has 1 aliphatic rings. The highest BCUT2D eigenvalue weighted by Gasteiger charge is 2.33. The fourth-order valence-electron chi connectivity index (χ4n) is 5.12. The number of aromatic nitrogens is 2. The maximum Gasteiger partial charge on any atom is 0.159 e. The lowest BCUT2D eigenvalue weighted by Crippen LogP contribution is -2.51. The van der Waals surface area contributed by atoms with Gasteiger partial charge in [0.2, 0.25) is 0 Å². The number of aliphatic hydroxyl groups excluding tert-OH is 1. The second-order valence-electron chi connectivity index (χ2n) is 9.63. The third-order valence-corrected chi connectivity index (χ3v) is 7.16. The average molecular weight is 478 g/mol. The van der Waals surface area contributed by atoms with Gasteiger partial charge in [0.1, 0.15) is 11.4 Å². The molecule has 3 heterocycles. The summed E-state index contributed by atoms with van der Waals surface area (Å²) in [6, 6.07) is 14.3. The Labute approximate surface area is 205 Å². The van der Waals surface area contributed by atoms with Crippen LogP contribution >= 0.6 is 0 Å². The molecule has 0 bridgehead atoms. The first-order chi connectivity index (χ1) is 16.9. The number of hydrogen-bond acceptors (Lipinski definition) is 6. The van der Waals surface area contributed by atoms with Crippen molar-refractivity contribution in [3.05, 3.63) is 48.0 Å². The summed E-state index contributed by atoms with van der Waals surface area (Å²) in [7, 11) is 2.07. The van der Waals surface area contributed by atoms with Crippen LogP contribution in [0.25, 0.3) is 32.8 Å². The summed E-state index contributed by atoms with van der Waals surface area (Å²) in [6.45, 7) is 5.27. The number of nitrogens with zero attached hydrogens (tertiary/aromatic N) is 2. The van der Waals surface area contributed by atoms with Crippen LogP contribution in [0.5, 0.6) is 5.75 Å². The molecule has 5 rings (SSSR count). The van der Waals surface area contributed by atoms with Crippen molar-refractivity contribution < 1.29 is 19.3 Å². The molecule has 2 aromatic heterocycles. The summed E-state index contributed by atoms with van der Waals surface area (Å²) in [6.07, 6.45) is 2.15. The predicted molar refractivity (Wildman–Crippen MR) is 139 cm³/mol. The molecule has 0 spiro atoms. The second kappa shape index (κ2) is 10.1. The largest absolute Gasteiger partial charge is 0.494 e. The molecule has 1 saturated heterocycles. The Morgan fingerprint density at radius 2 is 1.91 bits per heavy atom. The molecular weight excluding hydrogens is 442 g/mol. The monoisotopic (exact) mass is 477 g/mol. The van der Waals surface area contributed by atoms with E-state index in [1.165, 1.54) is 21.7 Å². The van der Waals surface area contributed by atoms with E-state index < -0.39 is 6.10 Å². The average Bonchev–Trinajstić information content (AvgIpc) is 3.13. The van der Waals surface area contributed by atoms with E-state index in [0.717, 1.165) is 41.7 Å². The Balaban J connectivity index is 1.17. The van der Waals surface area contributed by atoms with E-state index in [9.17, 15) is 5.11 Å². The van der Waals surface area contributed by atoms with Gasteiger partial charge in [0.15, 0.2) is 6.29 Å². The standard InChI is InChI=1S/C28H35N3O4/c1-17-20-9-5-6-10-23(20)30-28-26(17)21-15-19(11-12-24(21)31(28)3)33-13-7-4-8-14-34-25-16-22(29)27(32)18(2)35-25/h5-6,9-12,15,18,22,25,27,32H,4,7-8,13-14,16,29H2,1-3H3/t18-,22-,25+,27+/m0/s1. The molecule has 1 fully saturated rings. The van der Waals surface area contributed by atoms with E-state index in [-0.39, 0.29) is 18.4 Å². The third kappa shape index (κ3) is 4.74. The highest BCUT2D eigenvalue weighted by molar-refractivity contribution is 6.12. The molecule has 0 amide bonds. The Morgan fingerprint density at radius 1 is 1.11 bits per heavy atom. The van der Waals surface area contributed by atoms with Crippen molar-refractivity contribution in [1.29, 1.82) is 0 Å². The van der Waals surface area contributed by atoms with Crippen molar-refractivity contribution in [2.45, 2.75) is 64.1 Å². The molecule has 0 aliphatic carbocycles. The molecule has 7 heteroatoms. The Morgan fingerprint density at radius 3 is 2.74 bits per heavy atom. The van der Waals surface area contributed by atoms with Gasteiger partial charge in [-0.05, 0) is 62.9 Å². The summed E-state index contributed by atoms with van der Waals surface area (Å²) < 4.78 is 19.7. The number of fused-ring (bicyclic) bond motifs is 4. The number of unbranched alkanes of at least 4 members (excludes halogenated alkanes) is 2. The number of hydrogen-bond donors (Lipinski definition) is 2. The quantitative estimate of drug-likeness (QED) is 0.361. The fourth-order valence-corrected chi connectivity index (χ4v) is 5.12. The first kappa shape index (κ1) is 24.0. The summed E-state index contributed by atoms with van der Waals surface area (Å²) in [5.74, 6) is 0.881. The van der Waals surface area contributed by atoms with E-state index >= 15 is 0 Å². The minimum absolute atomic E-state index is 0.297. The zero-order chi connectivity index (χ0) is 24.5. The minimum Gasteiger partial charge on any atom is -0.494 e. The van der Waals surface area contributed by atoms with Gasteiger partial charge in [0.25, 0.3) is 0 Å². The third-order valence-electron chi connectivity index (χ3n) is 7.16. The number of ether oxygens (including phenoxy) is 3. The maximum atomic E-state index is 9.87. The van der Waals surface area contributed by atoms with Crippen LogP contribution in [0.3, 0.4) is 0 Å². The van der Waals surface area contributed by atoms with Crippen molar-refractivity contribution in [3.63, 3.8) is 0 Å². The number of benzene rings is 2. The van der Waals surface area contributed by atoms with Crippen molar-refractivity contribution in [2.75, 3.05) is 13.2 Å². The molecule has 2 aromatic carbocycles. The number of aryl methyl sites for hydroxylation is 2. The number of nitrogens with two attached hydrogens (primary N) is 1. The highest BCUT2D eigenvalue weighted by Crippen LogP contribution is 2.35. The fraction of sp³-hybridized carbons (Fsp3) is 0.464. The normalized spacial score (nSPS) is 22.9. The van der Waals surface area contributed by atoms with Gasteiger partial charge in [0, 0.05) is 42.3 Å². The van der Waals surface area contributed by atoms with E-state index in [1.54, 1.807) is 0 Å². The van der Waals surface area contributed by atoms with Gasteiger partial charge in [-0.15, -0.1) is 0 Å². The lowest BCUT2D eigenvalue weighted by molar-refractivity contribution is -0.222. The van der Waals surface area contributed by atoms with Crippen LogP contribution in [0.4, 0.5) is 0 Å².